The van der Waals surface area contributed by atoms with Crippen LogP contribution in [0, 0.1) is 0 Å². The first-order chi connectivity index (χ1) is 8.76. The molecule has 1 aromatic rings. The molecule has 0 bridgehead atoms. The second-order valence-electron chi connectivity index (χ2n) is 3.57. The van der Waals surface area contributed by atoms with E-state index in [-0.39, 0.29) is 5.97 Å². The monoisotopic (exact) mass is 269 g/mol. The van der Waals surface area contributed by atoms with Gasteiger partial charge in [0.05, 0.1) is 12.4 Å². The lowest BCUT2D eigenvalue weighted by atomic mass is 10.3. The van der Waals surface area contributed by atoms with Crippen molar-refractivity contribution >= 4 is 17.7 Å². The SMILES string of the molecule is CCOc1ccc(OC(=O)CSCCCN)cc1. The Morgan fingerprint density at radius 3 is 2.56 bits per heavy atom. The summed E-state index contributed by atoms with van der Waals surface area (Å²) in [6.45, 7) is 3.20. The quantitative estimate of drug-likeness (QED) is 0.445. The van der Waals surface area contributed by atoms with Gasteiger partial charge in [-0.2, -0.15) is 11.8 Å². The summed E-state index contributed by atoms with van der Waals surface area (Å²) in [5.74, 6) is 2.32. The molecule has 0 unspecified atom stereocenters. The highest BCUT2D eigenvalue weighted by Crippen LogP contribution is 2.18. The molecule has 0 amide bonds. The number of hydrogen-bond acceptors (Lipinski definition) is 5. The fourth-order valence-electron chi connectivity index (χ4n) is 1.27. The first kappa shape index (κ1) is 14.9. The normalized spacial score (nSPS) is 10.1. The maximum Gasteiger partial charge on any atom is 0.321 e. The van der Waals surface area contributed by atoms with Crippen LogP contribution in [0.3, 0.4) is 0 Å². The van der Waals surface area contributed by atoms with Gasteiger partial charge in [0, 0.05) is 0 Å². The summed E-state index contributed by atoms with van der Waals surface area (Å²) in [6.07, 6.45) is 0.918. The van der Waals surface area contributed by atoms with Gasteiger partial charge in [-0.15, -0.1) is 0 Å². The number of esters is 1. The highest BCUT2D eigenvalue weighted by Gasteiger charge is 2.05. The molecule has 0 saturated heterocycles. The summed E-state index contributed by atoms with van der Waals surface area (Å²) >= 11 is 1.54. The van der Waals surface area contributed by atoms with Crippen LogP contribution in [0.25, 0.3) is 0 Å². The number of benzene rings is 1. The second-order valence-corrected chi connectivity index (χ2v) is 4.68. The van der Waals surface area contributed by atoms with E-state index in [2.05, 4.69) is 0 Å². The van der Waals surface area contributed by atoms with E-state index < -0.39 is 0 Å². The van der Waals surface area contributed by atoms with Crippen LogP contribution in [0.4, 0.5) is 0 Å². The predicted octanol–water partition coefficient (Wildman–Crippen LogP) is 2.07. The van der Waals surface area contributed by atoms with Crippen molar-refractivity contribution in [1.82, 2.24) is 0 Å². The molecule has 2 N–H and O–H groups in total. The maximum absolute atomic E-state index is 11.5. The zero-order chi connectivity index (χ0) is 13.2. The molecule has 0 aliphatic carbocycles. The van der Waals surface area contributed by atoms with Gasteiger partial charge in [0.1, 0.15) is 11.5 Å². The molecule has 0 heterocycles. The van der Waals surface area contributed by atoms with Crippen molar-refractivity contribution in [2.45, 2.75) is 13.3 Å². The van der Waals surface area contributed by atoms with Gasteiger partial charge >= 0.3 is 5.97 Å². The molecule has 18 heavy (non-hydrogen) atoms. The van der Waals surface area contributed by atoms with Crippen LogP contribution in [0.15, 0.2) is 24.3 Å². The van der Waals surface area contributed by atoms with Crippen LogP contribution in [-0.2, 0) is 4.79 Å². The van der Waals surface area contributed by atoms with E-state index >= 15 is 0 Å². The Labute approximate surface area is 112 Å². The lowest BCUT2D eigenvalue weighted by molar-refractivity contribution is -0.131. The lowest BCUT2D eigenvalue weighted by Gasteiger charge is -2.06. The van der Waals surface area contributed by atoms with E-state index in [1.54, 1.807) is 24.3 Å². The largest absolute Gasteiger partial charge is 0.494 e. The van der Waals surface area contributed by atoms with Crippen molar-refractivity contribution < 1.29 is 14.3 Å². The molecule has 5 heteroatoms. The van der Waals surface area contributed by atoms with Crippen LogP contribution >= 0.6 is 11.8 Å². The molecule has 0 saturated carbocycles. The first-order valence-electron chi connectivity index (χ1n) is 5.97. The minimum atomic E-state index is -0.235. The summed E-state index contributed by atoms with van der Waals surface area (Å²) in [6, 6.07) is 7.03. The first-order valence-corrected chi connectivity index (χ1v) is 7.13. The minimum absolute atomic E-state index is 0.235. The van der Waals surface area contributed by atoms with E-state index in [0.717, 1.165) is 17.9 Å². The Hall–Kier alpha value is -1.20. The van der Waals surface area contributed by atoms with Crippen molar-refractivity contribution in [3.63, 3.8) is 0 Å². The van der Waals surface area contributed by atoms with Gasteiger partial charge in [-0.1, -0.05) is 0 Å². The molecule has 1 rings (SSSR count). The molecular weight excluding hydrogens is 250 g/mol. The molecule has 0 radical (unpaired) electrons. The second kappa shape index (κ2) is 8.83. The number of ether oxygens (including phenoxy) is 2. The van der Waals surface area contributed by atoms with E-state index in [0.29, 0.717) is 24.7 Å². The fourth-order valence-corrected chi connectivity index (χ4v) is 2.01. The van der Waals surface area contributed by atoms with E-state index in [4.69, 9.17) is 15.2 Å². The zero-order valence-corrected chi connectivity index (χ0v) is 11.4. The highest BCUT2D eigenvalue weighted by molar-refractivity contribution is 7.99. The average molecular weight is 269 g/mol. The summed E-state index contributed by atoms with van der Waals surface area (Å²) in [5, 5.41) is 0. The Kier molecular flexibility index (Phi) is 7.29. The molecule has 0 atom stereocenters. The Bertz CT molecular complexity index is 354. The van der Waals surface area contributed by atoms with Crippen LogP contribution in [0.1, 0.15) is 13.3 Å². The standard InChI is InChI=1S/C13H19NO3S/c1-2-16-11-4-6-12(7-5-11)17-13(15)10-18-9-3-8-14/h4-7H,2-3,8-10,14H2,1H3. The molecule has 0 aromatic heterocycles. The molecule has 100 valence electrons. The number of carbonyl (C=O) groups is 1. The average Bonchev–Trinajstić information content (AvgIpc) is 2.37. The smallest absolute Gasteiger partial charge is 0.321 e. The number of thioether (sulfide) groups is 1. The van der Waals surface area contributed by atoms with Gasteiger partial charge in [0.15, 0.2) is 0 Å². The van der Waals surface area contributed by atoms with Gasteiger partial charge in [0.25, 0.3) is 0 Å². The van der Waals surface area contributed by atoms with Crippen molar-refractivity contribution in [1.29, 1.82) is 0 Å². The van der Waals surface area contributed by atoms with Crippen LogP contribution in [0.5, 0.6) is 11.5 Å². The van der Waals surface area contributed by atoms with Crippen molar-refractivity contribution in [3.8, 4) is 11.5 Å². The molecule has 0 spiro atoms. The maximum atomic E-state index is 11.5. The van der Waals surface area contributed by atoms with E-state index in [1.807, 2.05) is 6.92 Å². The van der Waals surface area contributed by atoms with Gasteiger partial charge in [0.2, 0.25) is 0 Å². The van der Waals surface area contributed by atoms with Gasteiger partial charge in [-0.05, 0) is 49.9 Å². The molecule has 0 aliphatic heterocycles. The van der Waals surface area contributed by atoms with Gasteiger partial charge in [-0.25, -0.2) is 0 Å². The van der Waals surface area contributed by atoms with E-state index in [1.165, 1.54) is 11.8 Å². The number of carbonyl (C=O) groups excluding carboxylic acids is 1. The summed E-state index contributed by atoms with van der Waals surface area (Å²) in [5.41, 5.74) is 5.37. The summed E-state index contributed by atoms with van der Waals surface area (Å²) < 4.78 is 10.5. The van der Waals surface area contributed by atoms with Gasteiger partial charge < -0.3 is 15.2 Å². The van der Waals surface area contributed by atoms with Crippen molar-refractivity contribution in [2.24, 2.45) is 5.73 Å². The van der Waals surface area contributed by atoms with Crippen molar-refractivity contribution in [2.75, 3.05) is 24.7 Å². The zero-order valence-electron chi connectivity index (χ0n) is 10.6. The minimum Gasteiger partial charge on any atom is -0.494 e. The molecule has 4 nitrogen and oxygen atoms in total. The molecular formula is C13H19NO3S. The van der Waals surface area contributed by atoms with Crippen LogP contribution < -0.4 is 15.2 Å². The van der Waals surface area contributed by atoms with Gasteiger partial charge in [-0.3, -0.25) is 4.79 Å². The Balaban J connectivity index is 2.30. The highest BCUT2D eigenvalue weighted by atomic mass is 32.2. The summed E-state index contributed by atoms with van der Waals surface area (Å²) in [7, 11) is 0. The molecule has 0 fully saturated rings. The Morgan fingerprint density at radius 2 is 1.94 bits per heavy atom. The topological polar surface area (TPSA) is 61.5 Å². The lowest BCUT2D eigenvalue weighted by Crippen LogP contribution is -2.11. The molecule has 0 aliphatic rings. The predicted molar refractivity (Wildman–Crippen MR) is 74.2 cm³/mol. The van der Waals surface area contributed by atoms with Crippen molar-refractivity contribution in [3.05, 3.63) is 24.3 Å². The van der Waals surface area contributed by atoms with Crippen LogP contribution in [-0.4, -0.2) is 30.6 Å². The summed E-state index contributed by atoms with van der Waals surface area (Å²) in [4.78, 5) is 11.5. The fraction of sp³-hybridized carbons (Fsp3) is 0.462. The molecule has 1 aromatic carbocycles. The third kappa shape index (κ3) is 5.93. The Morgan fingerprint density at radius 1 is 1.28 bits per heavy atom. The van der Waals surface area contributed by atoms with E-state index in [9.17, 15) is 4.79 Å². The van der Waals surface area contributed by atoms with Crippen LogP contribution in [0.2, 0.25) is 0 Å². The number of nitrogens with two attached hydrogens (primary N) is 1. The third-order valence-electron chi connectivity index (χ3n) is 2.08. The number of hydrogen-bond donors (Lipinski definition) is 1. The third-order valence-corrected chi connectivity index (χ3v) is 3.10. The number of rotatable bonds is 8.